The average molecular weight is 375 g/mol. The van der Waals surface area contributed by atoms with Gasteiger partial charge in [-0.25, -0.2) is 8.42 Å². The van der Waals surface area contributed by atoms with Crippen molar-refractivity contribution in [2.45, 2.75) is 19.1 Å². The van der Waals surface area contributed by atoms with Crippen LogP contribution in [-0.2, 0) is 14.6 Å². The number of hydrogen-bond donors (Lipinski definition) is 0. The molecule has 1 aromatic rings. The zero-order chi connectivity index (χ0) is 18.6. The van der Waals surface area contributed by atoms with Crippen LogP contribution in [0.1, 0.15) is 12.0 Å². The quantitative estimate of drug-likeness (QED) is 0.711. The van der Waals surface area contributed by atoms with E-state index < -0.39 is 22.4 Å². The van der Waals surface area contributed by atoms with E-state index in [4.69, 9.17) is 4.74 Å². The molecule has 0 N–H and O–H groups in total. The van der Waals surface area contributed by atoms with Crippen LogP contribution in [0.2, 0.25) is 0 Å². The van der Waals surface area contributed by atoms with Gasteiger partial charge in [0.25, 0.3) is 0 Å². The third-order valence-electron chi connectivity index (χ3n) is 3.95. The van der Waals surface area contributed by atoms with Crippen molar-refractivity contribution in [3.63, 3.8) is 0 Å². The molecule has 138 valence electrons. The molecule has 0 aliphatic carbocycles. The zero-order valence-corrected chi connectivity index (χ0v) is 14.6. The number of carbonyl (C=O) groups excluding carboxylic acids is 1. The first-order valence-electron chi connectivity index (χ1n) is 7.50. The van der Waals surface area contributed by atoms with E-state index in [0.717, 1.165) is 0 Å². The van der Waals surface area contributed by atoms with Crippen LogP contribution in [0.4, 0.5) is 8.78 Å². The van der Waals surface area contributed by atoms with Gasteiger partial charge in [0.2, 0.25) is 5.91 Å². The molecule has 0 saturated carbocycles. The van der Waals surface area contributed by atoms with Crippen molar-refractivity contribution in [1.29, 1.82) is 0 Å². The number of amides is 1. The number of alkyl halides is 2. The van der Waals surface area contributed by atoms with Crippen molar-refractivity contribution >= 4 is 21.8 Å². The second-order valence-corrected chi connectivity index (χ2v) is 7.83. The van der Waals surface area contributed by atoms with Gasteiger partial charge >= 0.3 is 6.61 Å². The highest BCUT2D eigenvalue weighted by Gasteiger charge is 2.32. The molecule has 1 heterocycles. The van der Waals surface area contributed by atoms with Gasteiger partial charge in [-0.15, -0.1) is 0 Å². The molecule has 1 aliphatic rings. The lowest BCUT2D eigenvalue weighted by Gasteiger charge is -2.21. The van der Waals surface area contributed by atoms with E-state index in [2.05, 4.69) is 4.74 Å². The molecule has 0 aromatic heterocycles. The molecule has 1 atom stereocenters. The minimum Gasteiger partial charge on any atom is -0.493 e. The zero-order valence-electron chi connectivity index (χ0n) is 13.8. The topological polar surface area (TPSA) is 72.9 Å². The Kier molecular flexibility index (Phi) is 5.99. The van der Waals surface area contributed by atoms with Gasteiger partial charge in [-0.2, -0.15) is 8.78 Å². The summed E-state index contributed by atoms with van der Waals surface area (Å²) in [7, 11) is -0.274. The van der Waals surface area contributed by atoms with Gasteiger partial charge in [-0.05, 0) is 18.6 Å². The second kappa shape index (κ2) is 7.81. The van der Waals surface area contributed by atoms with Crippen LogP contribution in [0, 0.1) is 0 Å². The van der Waals surface area contributed by atoms with E-state index in [1.54, 1.807) is 6.07 Å². The second-order valence-electron chi connectivity index (χ2n) is 5.60. The minimum atomic E-state index is -3.11. The Balaban J connectivity index is 2.17. The fourth-order valence-electron chi connectivity index (χ4n) is 2.58. The Morgan fingerprint density at radius 1 is 1.40 bits per heavy atom. The Morgan fingerprint density at radius 3 is 2.68 bits per heavy atom. The molecule has 25 heavy (non-hydrogen) atoms. The number of halogens is 2. The van der Waals surface area contributed by atoms with Crippen LogP contribution in [0.3, 0.4) is 0 Å². The molecule has 2 rings (SSSR count). The van der Waals surface area contributed by atoms with Crippen molar-refractivity contribution in [1.82, 2.24) is 4.90 Å². The Morgan fingerprint density at radius 2 is 2.12 bits per heavy atom. The molecule has 1 aliphatic heterocycles. The first-order valence-corrected chi connectivity index (χ1v) is 9.33. The van der Waals surface area contributed by atoms with Crippen molar-refractivity contribution in [3.8, 4) is 11.5 Å². The summed E-state index contributed by atoms with van der Waals surface area (Å²) in [6.45, 7) is -3.04. The van der Waals surface area contributed by atoms with Crippen molar-refractivity contribution < 1.29 is 31.5 Å². The highest BCUT2D eigenvalue weighted by Crippen LogP contribution is 2.33. The first-order chi connectivity index (χ1) is 11.7. The number of para-hydroxylation sites is 1. The van der Waals surface area contributed by atoms with Crippen molar-refractivity contribution in [2.24, 2.45) is 0 Å². The summed E-state index contributed by atoms with van der Waals surface area (Å²) in [5.74, 6) is -0.489. The van der Waals surface area contributed by atoms with E-state index in [-0.39, 0.29) is 34.6 Å². The van der Waals surface area contributed by atoms with Gasteiger partial charge < -0.3 is 14.4 Å². The fourth-order valence-corrected chi connectivity index (χ4v) is 4.35. The van der Waals surface area contributed by atoms with E-state index in [1.807, 2.05) is 0 Å². The van der Waals surface area contributed by atoms with E-state index in [9.17, 15) is 22.0 Å². The van der Waals surface area contributed by atoms with Crippen LogP contribution in [0.5, 0.6) is 11.5 Å². The molecular weight excluding hydrogens is 356 g/mol. The lowest BCUT2D eigenvalue weighted by Crippen LogP contribution is -2.36. The van der Waals surface area contributed by atoms with Gasteiger partial charge in [-0.3, -0.25) is 4.79 Å². The van der Waals surface area contributed by atoms with Crippen LogP contribution in [-0.4, -0.2) is 57.5 Å². The smallest absolute Gasteiger partial charge is 0.387 e. The first kappa shape index (κ1) is 19.2. The van der Waals surface area contributed by atoms with Gasteiger partial charge in [-0.1, -0.05) is 12.1 Å². The SMILES string of the molecule is COc1cccc(/C=C/C(=O)N(C)C2CCS(=O)(=O)C2)c1OC(F)F. The van der Waals surface area contributed by atoms with Crippen LogP contribution < -0.4 is 9.47 Å². The van der Waals surface area contributed by atoms with Crippen LogP contribution >= 0.6 is 0 Å². The number of nitrogens with zero attached hydrogens (tertiary/aromatic N) is 1. The molecule has 1 fully saturated rings. The normalized spacial score (nSPS) is 19.3. The maximum atomic E-state index is 12.6. The van der Waals surface area contributed by atoms with Gasteiger partial charge in [0.15, 0.2) is 21.3 Å². The van der Waals surface area contributed by atoms with E-state index in [1.165, 1.54) is 43.3 Å². The maximum absolute atomic E-state index is 12.6. The molecule has 0 spiro atoms. The minimum absolute atomic E-state index is 0.0568. The number of benzene rings is 1. The predicted molar refractivity (Wildman–Crippen MR) is 88.5 cm³/mol. The highest BCUT2D eigenvalue weighted by atomic mass is 32.2. The van der Waals surface area contributed by atoms with Gasteiger partial charge in [0.1, 0.15) is 0 Å². The molecular formula is C16H19F2NO5S. The summed E-state index contributed by atoms with van der Waals surface area (Å²) in [6, 6.07) is 4.16. The summed E-state index contributed by atoms with van der Waals surface area (Å²) < 4.78 is 57.7. The third-order valence-corrected chi connectivity index (χ3v) is 5.70. The molecule has 6 nitrogen and oxygen atoms in total. The molecule has 0 bridgehead atoms. The number of methoxy groups -OCH3 is 1. The number of hydrogen-bond acceptors (Lipinski definition) is 5. The third kappa shape index (κ3) is 4.91. The largest absolute Gasteiger partial charge is 0.493 e. The highest BCUT2D eigenvalue weighted by molar-refractivity contribution is 7.91. The number of carbonyl (C=O) groups is 1. The van der Waals surface area contributed by atoms with Crippen LogP contribution in [0.15, 0.2) is 24.3 Å². The van der Waals surface area contributed by atoms with Crippen molar-refractivity contribution in [3.05, 3.63) is 29.8 Å². The summed E-state index contributed by atoms with van der Waals surface area (Å²) in [5, 5.41) is 0. The Labute approximate surface area is 144 Å². The fraction of sp³-hybridized carbons (Fsp3) is 0.438. The number of likely N-dealkylation sites (N-methyl/N-ethyl adjacent to an activating group) is 1. The maximum Gasteiger partial charge on any atom is 0.387 e. The molecule has 1 unspecified atom stereocenters. The number of rotatable bonds is 6. The molecule has 1 amide bonds. The lowest BCUT2D eigenvalue weighted by atomic mass is 10.1. The lowest BCUT2D eigenvalue weighted by molar-refractivity contribution is -0.126. The number of sulfone groups is 1. The summed E-state index contributed by atoms with van der Waals surface area (Å²) in [6.07, 6.45) is 2.91. The molecule has 9 heteroatoms. The average Bonchev–Trinajstić information content (AvgIpc) is 2.92. The standard InChI is InChI=1S/C16H19F2NO5S/c1-19(12-8-9-25(21,22)10-12)14(20)7-6-11-4-3-5-13(23-2)15(11)24-16(17)18/h3-7,12,16H,8-10H2,1-2H3/b7-6+. The number of ether oxygens (including phenoxy) is 2. The van der Waals surface area contributed by atoms with Crippen molar-refractivity contribution in [2.75, 3.05) is 25.7 Å². The molecule has 0 radical (unpaired) electrons. The summed E-state index contributed by atoms with van der Waals surface area (Å²) >= 11 is 0. The summed E-state index contributed by atoms with van der Waals surface area (Å²) in [4.78, 5) is 13.6. The Hall–Kier alpha value is -2.16. The van der Waals surface area contributed by atoms with Crippen LogP contribution in [0.25, 0.3) is 6.08 Å². The molecule has 1 saturated heterocycles. The van der Waals surface area contributed by atoms with Gasteiger partial charge in [0, 0.05) is 24.7 Å². The summed E-state index contributed by atoms with van der Waals surface area (Å²) in [5.41, 5.74) is 0.250. The Bertz CT molecular complexity index is 764. The van der Waals surface area contributed by atoms with E-state index >= 15 is 0 Å². The molecule has 1 aromatic carbocycles. The predicted octanol–water partition coefficient (Wildman–Crippen LogP) is 1.96. The van der Waals surface area contributed by atoms with E-state index in [0.29, 0.717) is 6.42 Å². The monoisotopic (exact) mass is 375 g/mol. The van der Waals surface area contributed by atoms with Gasteiger partial charge in [0.05, 0.1) is 18.6 Å².